The molecular formula is C16H13F3N4O2S. The minimum atomic E-state index is -4.63. The molecule has 0 saturated carbocycles. The lowest BCUT2D eigenvalue weighted by molar-refractivity contribution is -0.142. The number of nitrogens with one attached hydrogen (secondary N) is 1. The van der Waals surface area contributed by atoms with Gasteiger partial charge in [0.2, 0.25) is 5.13 Å². The van der Waals surface area contributed by atoms with Crippen molar-refractivity contribution in [2.24, 2.45) is 5.10 Å². The molecule has 1 aromatic carbocycles. The van der Waals surface area contributed by atoms with Crippen molar-refractivity contribution in [3.63, 3.8) is 0 Å². The summed E-state index contributed by atoms with van der Waals surface area (Å²) in [6, 6.07) is 4.80. The Morgan fingerprint density at radius 3 is 2.92 bits per heavy atom. The zero-order chi connectivity index (χ0) is 19.2. The molecular weight excluding hydrogens is 369 g/mol. The Morgan fingerprint density at radius 2 is 2.27 bits per heavy atom. The van der Waals surface area contributed by atoms with Crippen LogP contribution in [0, 0.1) is 11.3 Å². The molecule has 1 N–H and O–H groups in total. The topological polar surface area (TPSA) is 87.4 Å². The van der Waals surface area contributed by atoms with Crippen molar-refractivity contribution >= 4 is 28.7 Å². The summed E-state index contributed by atoms with van der Waals surface area (Å²) in [6.45, 7) is 1.98. The van der Waals surface area contributed by atoms with E-state index in [4.69, 9.17) is 10.00 Å². The van der Waals surface area contributed by atoms with E-state index in [-0.39, 0.29) is 18.6 Å². The number of halogens is 3. The lowest BCUT2D eigenvalue weighted by Crippen LogP contribution is -2.08. The number of aromatic nitrogens is 1. The van der Waals surface area contributed by atoms with Crippen molar-refractivity contribution in [2.45, 2.75) is 19.5 Å². The van der Waals surface area contributed by atoms with Crippen LogP contribution in [0.1, 0.15) is 29.3 Å². The third kappa shape index (κ3) is 5.29. The van der Waals surface area contributed by atoms with Gasteiger partial charge in [-0.15, -0.1) is 11.3 Å². The fourth-order valence-corrected chi connectivity index (χ4v) is 2.59. The Balaban J connectivity index is 2.04. The van der Waals surface area contributed by atoms with Gasteiger partial charge in [0.25, 0.3) is 0 Å². The van der Waals surface area contributed by atoms with Crippen LogP contribution in [-0.2, 0) is 22.1 Å². The molecule has 2 aromatic rings. The maximum atomic E-state index is 12.9. The van der Waals surface area contributed by atoms with Crippen molar-refractivity contribution in [3.8, 4) is 6.07 Å². The number of hydrazone groups is 1. The molecule has 0 atom stereocenters. The first-order chi connectivity index (χ1) is 12.3. The van der Waals surface area contributed by atoms with E-state index in [9.17, 15) is 18.0 Å². The molecule has 0 spiro atoms. The first-order valence-electron chi connectivity index (χ1n) is 7.34. The van der Waals surface area contributed by atoms with Crippen LogP contribution in [0.4, 0.5) is 18.3 Å². The number of anilines is 1. The van der Waals surface area contributed by atoms with Gasteiger partial charge in [-0.05, 0) is 24.6 Å². The molecule has 6 nitrogen and oxygen atoms in total. The number of hydrogen-bond acceptors (Lipinski definition) is 7. The lowest BCUT2D eigenvalue weighted by Gasteiger charge is -2.08. The first-order valence-corrected chi connectivity index (χ1v) is 8.22. The van der Waals surface area contributed by atoms with Crippen LogP contribution in [0.5, 0.6) is 0 Å². The van der Waals surface area contributed by atoms with Crippen LogP contribution in [0.3, 0.4) is 0 Å². The highest BCUT2D eigenvalue weighted by Crippen LogP contribution is 2.32. The predicted octanol–water partition coefficient (Wildman–Crippen LogP) is 3.59. The van der Waals surface area contributed by atoms with Crippen molar-refractivity contribution in [1.29, 1.82) is 5.26 Å². The Bertz CT molecular complexity index is 856. The minimum Gasteiger partial charge on any atom is -0.466 e. The summed E-state index contributed by atoms with van der Waals surface area (Å²) in [4.78, 5) is 15.5. The third-order valence-corrected chi connectivity index (χ3v) is 3.82. The van der Waals surface area contributed by atoms with Gasteiger partial charge >= 0.3 is 12.1 Å². The van der Waals surface area contributed by atoms with Gasteiger partial charge in [0.15, 0.2) is 0 Å². The number of nitriles is 1. The summed E-state index contributed by atoms with van der Waals surface area (Å²) in [5.74, 6) is -0.398. The maximum absolute atomic E-state index is 12.9. The molecule has 0 aliphatic carbocycles. The summed E-state index contributed by atoms with van der Waals surface area (Å²) in [7, 11) is 0. The van der Waals surface area contributed by atoms with Crippen LogP contribution in [-0.4, -0.2) is 23.8 Å². The van der Waals surface area contributed by atoms with Gasteiger partial charge in [-0.25, -0.2) is 4.98 Å². The fraction of sp³-hybridized carbons (Fsp3) is 0.250. The highest BCUT2D eigenvalue weighted by molar-refractivity contribution is 7.13. The van der Waals surface area contributed by atoms with E-state index < -0.39 is 23.3 Å². The van der Waals surface area contributed by atoms with Crippen molar-refractivity contribution < 1.29 is 22.7 Å². The number of benzene rings is 1. The summed E-state index contributed by atoms with van der Waals surface area (Å²) < 4.78 is 43.5. The van der Waals surface area contributed by atoms with Gasteiger partial charge in [0, 0.05) is 5.38 Å². The second kappa shape index (κ2) is 8.44. The largest absolute Gasteiger partial charge is 0.466 e. The zero-order valence-corrected chi connectivity index (χ0v) is 14.3. The summed E-state index contributed by atoms with van der Waals surface area (Å²) >= 11 is 1.19. The van der Waals surface area contributed by atoms with E-state index in [2.05, 4.69) is 15.5 Å². The van der Waals surface area contributed by atoms with E-state index in [1.165, 1.54) is 29.7 Å². The lowest BCUT2D eigenvalue weighted by atomic mass is 10.0. The molecule has 0 aliphatic rings. The summed E-state index contributed by atoms with van der Waals surface area (Å²) in [5.41, 5.74) is 1.79. The molecule has 0 fully saturated rings. The van der Waals surface area contributed by atoms with Gasteiger partial charge in [-0.2, -0.15) is 23.5 Å². The molecule has 26 heavy (non-hydrogen) atoms. The molecule has 0 bridgehead atoms. The number of hydrogen-bond donors (Lipinski definition) is 1. The number of carbonyl (C=O) groups excluding carboxylic acids is 1. The van der Waals surface area contributed by atoms with Crippen molar-refractivity contribution in [2.75, 3.05) is 12.0 Å². The summed E-state index contributed by atoms with van der Waals surface area (Å²) in [6.07, 6.45) is -3.41. The number of nitrogens with zero attached hydrogens (tertiary/aromatic N) is 3. The molecule has 0 unspecified atom stereocenters. The first kappa shape index (κ1) is 19.4. The number of rotatable bonds is 6. The zero-order valence-electron chi connectivity index (χ0n) is 13.5. The average molecular weight is 382 g/mol. The Labute approximate surface area is 150 Å². The van der Waals surface area contributed by atoms with E-state index in [1.54, 1.807) is 12.3 Å². The molecule has 1 aromatic heterocycles. The van der Waals surface area contributed by atoms with E-state index in [0.717, 1.165) is 12.1 Å². The number of carbonyl (C=O) groups is 1. The molecule has 0 aliphatic heterocycles. The van der Waals surface area contributed by atoms with Gasteiger partial charge in [0.1, 0.15) is 0 Å². The fourth-order valence-electron chi connectivity index (χ4n) is 1.94. The number of thiazole rings is 1. The second-order valence-corrected chi connectivity index (χ2v) is 5.77. The quantitative estimate of drug-likeness (QED) is 0.469. The average Bonchev–Trinajstić information content (AvgIpc) is 3.01. The van der Waals surface area contributed by atoms with E-state index >= 15 is 0 Å². The molecule has 136 valence electrons. The van der Waals surface area contributed by atoms with Crippen molar-refractivity contribution in [3.05, 3.63) is 46.0 Å². The smallest absolute Gasteiger partial charge is 0.417 e. The van der Waals surface area contributed by atoms with Gasteiger partial charge in [0.05, 0.1) is 42.1 Å². The highest BCUT2D eigenvalue weighted by atomic mass is 32.1. The Hall–Kier alpha value is -2.93. The molecule has 10 heteroatoms. The maximum Gasteiger partial charge on any atom is 0.417 e. The summed E-state index contributed by atoms with van der Waals surface area (Å²) in [5, 5.41) is 14.6. The van der Waals surface area contributed by atoms with Gasteiger partial charge in [-0.1, -0.05) is 6.07 Å². The van der Waals surface area contributed by atoms with Crippen LogP contribution >= 0.6 is 11.3 Å². The molecule has 0 saturated heterocycles. The number of alkyl halides is 3. The van der Waals surface area contributed by atoms with Gasteiger partial charge in [-0.3, -0.25) is 10.2 Å². The molecule has 2 rings (SSSR count). The minimum absolute atomic E-state index is 0.0281. The molecule has 1 heterocycles. The number of ether oxygens (including phenoxy) is 1. The Morgan fingerprint density at radius 1 is 1.50 bits per heavy atom. The standard InChI is InChI=1S/C16H13F3N4O2S/c1-2-25-14(24)6-12-9-26-15(22-12)23-21-8-10-3-4-11(7-20)13(5-10)16(17,18)19/h3-5,8-9H,2,6H2,1H3,(H,22,23). The van der Waals surface area contributed by atoms with Crippen LogP contribution < -0.4 is 5.43 Å². The van der Waals surface area contributed by atoms with Gasteiger partial charge < -0.3 is 4.74 Å². The molecule has 0 amide bonds. The highest BCUT2D eigenvalue weighted by Gasteiger charge is 2.33. The SMILES string of the molecule is CCOC(=O)Cc1csc(NN=Cc2ccc(C#N)c(C(F)(F)F)c2)n1. The third-order valence-electron chi connectivity index (χ3n) is 3.03. The monoisotopic (exact) mass is 382 g/mol. The van der Waals surface area contributed by atoms with Crippen LogP contribution in [0.15, 0.2) is 28.7 Å². The second-order valence-electron chi connectivity index (χ2n) is 4.91. The normalized spacial score (nSPS) is 11.3. The van der Waals surface area contributed by atoms with Crippen LogP contribution in [0.2, 0.25) is 0 Å². The molecule has 0 radical (unpaired) electrons. The van der Waals surface area contributed by atoms with E-state index in [1.807, 2.05) is 0 Å². The van der Waals surface area contributed by atoms with Crippen LogP contribution in [0.25, 0.3) is 0 Å². The van der Waals surface area contributed by atoms with Crippen molar-refractivity contribution in [1.82, 2.24) is 4.98 Å². The number of esters is 1. The van der Waals surface area contributed by atoms with E-state index in [0.29, 0.717) is 10.8 Å². The Kier molecular flexibility index (Phi) is 6.30. The predicted molar refractivity (Wildman–Crippen MR) is 89.8 cm³/mol.